The van der Waals surface area contributed by atoms with E-state index in [0.717, 1.165) is 36.1 Å². The summed E-state index contributed by atoms with van der Waals surface area (Å²) in [6.07, 6.45) is 4.32. The summed E-state index contributed by atoms with van der Waals surface area (Å²) in [5.41, 5.74) is 2.38. The molecule has 3 rings (SSSR count). The van der Waals surface area contributed by atoms with Gasteiger partial charge in [0.15, 0.2) is 0 Å². The summed E-state index contributed by atoms with van der Waals surface area (Å²) in [7, 11) is -3.61. The van der Waals surface area contributed by atoms with E-state index in [-0.39, 0.29) is 35.7 Å². The molecule has 2 N–H and O–H groups in total. The second-order valence-electron chi connectivity index (χ2n) is 7.59. The van der Waals surface area contributed by atoms with Crippen molar-refractivity contribution in [2.45, 2.75) is 56.9 Å². The van der Waals surface area contributed by atoms with Crippen molar-refractivity contribution in [1.29, 1.82) is 0 Å². The molecule has 1 aliphatic rings. The molecular weight excluding hydrogens is 392 g/mol. The Bertz CT molecular complexity index is 906. The molecule has 1 amide bonds. The van der Waals surface area contributed by atoms with Gasteiger partial charge in [-0.15, -0.1) is 11.3 Å². The number of hydrogen-bond donors (Lipinski definition) is 2. The first-order valence-corrected chi connectivity index (χ1v) is 12.2. The SMILES string of the molecule is CC(C)C(NC(=O)CCNS(=O)(=O)c1ccc2c(c1)CCCC2)c1cccs1. The molecule has 152 valence electrons. The molecule has 0 radical (unpaired) electrons. The van der Waals surface area contributed by atoms with Crippen molar-refractivity contribution in [2.24, 2.45) is 5.92 Å². The number of aryl methyl sites for hydroxylation is 2. The maximum absolute atomic E-state index is 12.6. The van der Waals surface area contributed by atoms with Crippen molar-refractivity contribution >= 4 is 27.3 Å². The molecule has 1 aromatic heterocycles. The van der Waals surface area contributed by atoms with Gasteiger partial charge in [-0.25, -0.2) is 13.1 Å². The Morgan fingerprint density at radius 3 is 2.57 bits per heavy atom. The molecule has 1 aliphatic carbocycles. The summed E-state index contributed by atoms with van der Waals surface area (Å²) >= 11 is 1.61. The third-order valence-corrected chi connectivity index (χ3v) is 7.52. The van der Waals surface area contributed by atoms with Crippen molar-refractivity contribution in [3.8, 4) is 0 Å². The third-order valence-electron chi connectivity index (χ3n) is 5.11. The van der Waals surface area contributed by atoms with E-state index in [1.807, 2.05) is 23.6 Å². The highest BCUT2D eigenvalue weighted by Gasteiger charge is 2.21. The monoisotopic (exact) mass is 420 g/mol. The minimum atomic E-state index is -3.61. The fraction of sp³-hybridized carbons (Fsp3) is 0.476. The van der Waals surface area contributed by atoms with Crippen LogP contribution in [0.3, 0.4) is 0 Å². The van der Waals surface area contributed by atoms with Crippen molar-refractivity contribution in [3.63, 3.8) is 0 Å². The average molecular weight is 421 g/mol. The molecule has 5 nitrogen and oxygen atoms in total. The van der Waals surface area contributed by atoms with Crippen LogP contribution in [0.1, 0.15) is 55.2 Å². The van der Waals surface area contributed by atoms with Crippen LogP contribution < -0.4 is 10.0 Å². The van der Waals surface area contributed by atoms with E-state index < -0.39 is 10.0 Å². The van der Waals surface area contributed by atoms with Crippen molar-refractivity contribution in [3.05, 3.63) is 51.7 Å². The topological polar surface area (TPSA) is 75.3 Å². The van der Waals surface area contributed by atoms with Gasteiger partial charge in [-0.2, -0.15) is 0 Å². The average Bonchev–Trinajstić information content (AvgIpc) is 3.19. The van der Waals surface area contributed by atoms with Gasteiger partial charge in [0.2, 0.25) is 15.9 Å². The van der Waals surface area contributed by atoms with E-state index in [2.05, 4.69) is 23.9 Å². The highest BCUT2D eigenvalue weighted by Crippen LogP contribution is 2.26. The number of carbonyl (C=O) groups excluding carboxylic acids is 1. The van der Waals surface area contributed by atoms with Crippen LogP contribution in [0.2, 0.25) is 0 Å². The van der Waals surface area contributed by atoms with E-state index in [0.29, 0.717) is 0 Å². The molecule has 2 aromatic rings. The molecular formula is C21H28N2O3S2. The number of benzene rings is 1. The number of rotatable bonds is 8. The smallest absolute Gasteiger partial charge is 0.240 e. The highest BCUT2D eigenvalue weighted by atomic mass is 32.2. The van der Waals surface area contributed by atoms with E-state index in [9.17, 15) is 13.2 Å². The van der Waals surface area contributed by atoms with Gasteiger partial charge < -0.3 is 5.32 Å². The minimum absolute atomic E-state index is 0.0512. The summed E-state index contributed by atoms with van der Waals surface area (Å²) in [6, 6.07) is 9.29. The van der Waals surface area contributed by atoms with Crippen molar-refractivity contribution < 1.29 is 13.2 Å². The quantitative estimate of drug-likeness (QED) is 0.682. The van der Waals surface area contributed by atoms with Gasteiger partial charge in [0, 0.05) is 17.8 Å². The van der Waals surface area contributed by atoms with Gasteiger partial charge in [0.25, 0.3) is 0 Å². The predicted octanol–water partition coefficient (Wildman–Crippen LogP) is 3.81. The Morgan fingerprint density at radius 2 is 1.89 bits per heavy atom. The lowest BCUT2D eigenvalue weighted by molar-refractivity contribution is -0.122. The predicted molar refractivity (Wildman–Crippen MR) is 113 cm³/mol. The van der Waals surface area contributed by atoms with Crippen LogP contribution in [0.5, 0.6) is 0 Å². The van der Waals surface area contributed by atoms with Crippen LogP contribution >= 0.6 is 11.3 Å². The zero-order chi connectivity index (χ0) is 20.1. The second kappa shape index (κ2) is 9.20. The van der Waals surface area contributed by atoms with Gasteiger partial charge in [0.1, 0.15) is 0 Å². The lowest BCUT2D eigenvalue weighted by Crippen LogP contribution is -2.34. The Balaban J connectivity index is 1.55. The Labute approximate surface area is 171 Å². The minimum Gasteiger partial charge on any atom is -0.348 e. The fourth-order valence-corrected chi connectivity index (χ4v) is 5.57. The normalized spacial score (nSPS) is 15.2. The molecule has 0 aliphatic heterocycles. The van der Waals surface area contributed by atoms with Crippen LogP contribution in [0.25, 0.3) is 0 Å². The van der Waals surface area contributed by atoms with E-state index in [1.54, 1.807) is 23.5 Å². The first-order valence-electron chi connectivity index (χ1n) is 9.81. The number of sulfonamides is 1. The molecule has 0 saturated heterocycles. The molecule has 0 spiro atoms. The van der Waals surface area contributed by atoms with Gasteiger partial charge in [0.05, 0.1) is 10.9 Å². The Morgan fingerprint density at radius 1 is 1.14 bits per heavy atom. The molecule has 0 saturated carbocycles. The van der Waals surface area contributed by atoms with E-state index in [4.69, 9.17) is 0 Å². The standard InChI is InChI=1S/C21H28N2O3S2/c1-15(2)21(19-8-5-13-27-19)23-20(24)11-12-22-28(25,26)18-10-9-16-6-3-4-7-17(16)14-18/h5,8-10,13-15,21-22H,3-4,6-7,11-12H2,1-2H3,(H,23,24). The van der Waals surface area contributed by atoms with Gasteiger partial charge in [-0.3, -0.25) is 4.79 Å². The molecule has 0 fully saturated rings. The van der Waals surface area contributed by atoms with Gasteiger partial charge in [-0.1, -0.05) is 26.0 Å². The third kappa shape index (κ3) is 5.21. The molecule has 1 unspecified atom stereocenters. The van der Waals surface area contributed by atoms with Crippen LogP contribution in [0, 0.1) is 5.92 Å². The lowest BCUT2D eigenvalue weighted by atomic mass is 9.92. The maximum atomic E-state index is 12.6. The Kier molecular flexibility index (Phi) is 6.91. The number of fused-ring (bicyclic) bond motifs is 1. The summed E-state index contributed by atoms with van der Waals surface area (Å²) in [6.45, 7) is 4.20. The summed E-state index contributed by atoms with van der Waals surface area (Å²) in [4.78, 5) is 13.7. The number of carbonyl (C=O) groups is 1. The first-order chi connectivity index (χ1) is 13.4. The Hall–Kier alpha value is -1.70. The fourth-order valence-electron chi connectivity index (χ4n) is 3.54. The van der Waals surface area contributed by atoms with E-state index >= 15 is 0 Å². The number of nitrogens with one attached hydrogen (secondary N) is 2. The summed E-state index contributed by atoms with van der Waals surface area (Å²) in [5.74, 6) is 0.107. The lowest BCUT2D eigenvalue weighted by Gasteiger charge is -2.21. The van der Waals surface area contributed by atoms with Crippen molar-refractivity contribution in [1.82, 2.24) is 10.0 Å². The zero-order valence-corrected chi connectivity index (χ0v) is 18.0. The molecule has 0 bridgehead atoms. The van der Waals surface area contributed by atoms with Crippen LogP contribution in [0.15, 0.2) is 40.6 Å². The molecule has 1 aromatic carbocycles. The van der Waals surface area contributed by atoms with Crippen LogP contribution in [0.4, 0.5) is 0 Å². The van der Waals surface area contributed by atoms with E-state index in [1.165, 1.54) is 5.56 Å². The summed E-state index contributed by atoms with van der Waals surface area (Å²) in [5, 5.41) is 5.01. The number of hydrogen-bond acceptors (Lipinski definition) is 4. The first kappa shape index (κ1) is 21.0. The summed E-state index contributed by atoms with van der Waals surface area (Å²) < 4.78 is 27.7. The van der Waals surface area contributed by atoms with Crippen LogP contribution in [-0.4, -0.2) is 20.9 Å². The number of amides is 1. The molecule has 1 heterocycles. The molecule has 28 heavy (non-hydrogen) atoms. The highest BCUT2D eigenvalue weighted by molar-refractivity contribution is 7.89. The van der Waals surface area contributed by atoms with Gasteiger partial charge >= 0.3 is 0 Å². The van der Waals surface area contributed by atoms with Crippen molar-refractivity contribution in [2.75, 3.05) is 6.54 Å². The largest absolute Gasteiger partial charge is 0.348 e. The number of thiophene rings is 1. The van der Waals surface area contributed by atoms with Crippen LogP contribution in [-0.2, 0) is 27.7 Å². The molecule has 1 atom stereocenters. The van der Waals surface area contributed by atoms with Gasteiger partial charge in [-0.05, 0) is 66.3 Å². The zero-order valence-electron chi connectivity index (χ0n) is 16.4. The maximum Gasteiger partial charge on any atom is 0.240 e. The second-order valence-corrected chi connectivity index (χ2v) is 10.3. The molecule has 7 heteroatoms.